The Hall–Kier alpha value is -3.16. The molecule has 0 unspecified atom stereocenters. The lowest BCUT2D eigenvalue weighted by atomic mass is 10.1. The summed E-state index contributed by atoms with van der Waals surface area (Å²) in [6, 6.07) is 22.9. The van der Waals surface area contributed by atoms with E-state index >= 15 is 0 Å². The molecule has 0 aromatic heterocycles. The highest BCUT2D eigenvalue weighted by atomic mass is 127. The molecule has 6 nitrogen and oxygen atoms in total. The van der Waals surface area contributed by atoms with E-state index in [4.69, 9.17) is 4.18 Å². The van der Waals surface area contributed by atoms with Crippen molar-refractivity contribution in [1.82, 2.24) is 0 Å². The van der Waals surface area contributed by atoms with Gasteiger partial charge < -0.3 is 9.50 Å². The molecule has 1 amide bonds. The van der Waals surface area contributed by atoms with Crippen LogP contribution in [0.15, 0.2) is 89.3 Å². The van der Waals surface area contributed by atoms with E-state index in [9.17, 15) is 18.5 Å². The van der Waals surface area contributed by atoms with Gasteiger partial charge in [0, 0.05) is 9.26 Å². The van der Waals surface area contributed by atoms with Crippen molar-refractivity contribution in [3.63, 3.8) is 0 Å². The highest BCUT2D eigenvalue weighted by Crippen LogP contribution is 2.21. The molecule has 0 saturated heterocycles. The summed E-state index contributed by atoms with van der Waals surface area (Å²) in [7, 11) is -3.99. The van der Waals surface area contributed by atoms with Crippen LogP contribution in [0.4, 0.5) is 5.69 Å². The largest absolute Gasteiger partial charge is 0.379 e. The van der Waals surface area contributed by atoms with Gasteiger partial charge in [-0.05, 0) is 82.8 Å². The molecule has 1 N–H and O–H groups in total. The van der Waals surface area contributed by atoms with E-state index in [0.717, 1.165) is 3.57 Å². The number of hydrogen-bond acceptors (Lipinski definition) is 5. The number of hydrogen-bond donors (Lipinski definition) is 1. The van der Waals surface area contributed by atoms with Gasteiger partial charge in [0.05, 0.1) is 0 Å². The van der Waals surface area contributed by atoms with Crippen LogP contribution in [0, 0.1) is 14.9 Å². The highest BCUT2D eigenvalue weighted by Gasteiger charge is 2.16. The minimum Gasteiger partial charge on any atom is -0.379 e. The van der Waals surface area contributed by atoms with Gasteiger partial charge in [0.15, 0.2) is 0 Å². The van der Waals surface area contributed by atoms with E-state index in [-0.39, 0.29) is 16.2 Å². The molecule has 8 heteroatoms. The van der Waals surface area contributed by atoms with Crippen molar-refractivity contribution < 1.29 is 17.4 Å². The fraction of sp³-hybridized carbons (Fsp3) is 0. The van der Waals surface area contributed by atoms with E-state index in [2.05, 4.69) is 27.9 Å². The van der Waals surface area contributed by atoms with Crippen molar-refractivity contribution >= 4 is 50.4 Å². The van der Waals surface area contributed by atoms with Gasteiger partial charge in [-0.15, -0.1) is 0 Å². The van der Waals surface area contributed by atoms with Gasteiger partial charge in [0.1, 0.15) is 22.3 Å². The van der Waals surface area contributed by atoms with Crippen LogP contribution in [0.1, 0.15) is 5.56 Å². The van der Waals surface area contributed by atoms with Crippen LogP contribution in [0.2, 0.25) is 0 Å². The van der Waals surface area contributed by atoms with Crippen molar-refractivity contribution in [2.24, 2.45) is 0 Å². The van der Waals surface area contributed by atoms with E-state index in [1.54, 1.807) is 42.5 Å². The quantitative estimate of drug-likeness (QED) is 0.218. The van der Waals surface area contributed by atoms with Crippen molar-refractivity contribution in [1.29, 1.82) is 5.26 Å². The topological polar surface area (TPSA) is 96.3 Å². The van der Waals surface area contributed by atoms with Gasteiger partial charge in [0.25, 0.3) is 5.91 Å². The summed E-state index contributed by atoms with van der Waals surface area (Å²) < 4.78 is 30.9. The summed E-state index contributed by atoms with van der Waals surface area (Å²) >= 11 is 2.15. The first kappa shape index (κ1) is 21.5. The molecule has 3 aromatic rings. The van der Waals surface area contributed by atoms with E-state index < -0.39 is 16.0 Å². The maximum absolute atomic E-state index is 12.4. The number of nitrogens with one attached hydrogen (secondary N) is 1. The van der Waals surface area contributed by atoms with Gasteiger partial charge in [-0.1, -0.05) is 30.3 Å². The van der Waals surface area contributed by atoms with Crippen LogP contribution >= 0.6 is 22.6 Å². The minimum atomic E-state index is -3.99. The van der Waals surface area contributed by atoms with Crippen molar-refractivity contribution in [3.8, 4) is 11.8 Å². The number of rotatable bonds is 6. The molecule has 0 bridgehead atoms. The average molecular weight is 530 g/mol. The Balaban J connectivity index is 1.80. The third-order valence-corrected chi connectivity index (χ3v) is 5.85. The Labute approximate surface area is 188 Å². The van der Waals surface area contributed by atoms with Crippen LogP contribution < -0.4 is 9.50 Å². The third kappa shape index (κ3) is 5.68. The Morgan fingerprint density at radius 2 is 1.70 bits per heavy atom. The van der Waals surface area contributed by atoms with Crippen molar-refractivity contribution in [3.05, 3.63) is 93.6 Å². The predicted octanol–water partition coefficient (Wildman–Crippen LogP) is 4.60. The molecule has 3 aromatic carbocycles. The van der Waals surface area contributed by atoms with Crippen LogP contribution in [0.5, 0.6) is 5.75 Å². The number of halogens is 1. The zero-order valence-corrected chi connectivity index (χ0v) is 18.4. The zero-order chi connectivity index (χ0) is 21.6. The number of nitriles is 1. The normalized spacial score (nSPS) is 11.4. The Bertz CT molecular complexity index is 1230. The molecule has 0 aliphatic carbocycles. The highest BCUT2D eigenvalue weighted by molar-refractivity contribution is 14.1. The molecule has 150 valence electrons. The lowest BCUT2D eigenvalue weighted by molar-refractivity contribution is -0.112. The van der Waals surface area contributed by atoms with E-state index in [0.29, 0.717) is 11.3 Å². The van der Waals surface area contributed by atoms with Gasteiger partial charge in [-0.25, -0.2) is 0 Å². The maximum atomic E-state index is 12.4. The number of amides is 1. The molecule has 30 heavy (non-hydrogen) atoms. The lowest BCUT2D eigenvalue weighted by Crippen LogP contribution is -2.13. The summed E-state index contributed by atoms with van der Waals surface area (Å²) in [6.07, 6.45) is 1.37. The van der Waals surface area contributed by atoms with E-state index in [1.807, 2.05) is 18.2 Å². The molecular weight excluding hydrogens is 515 g/mol. The number of carbonyl (C=O) groups is 1. The molecular formula is C22H15IN2O4S. The molecule has 0 aliphatic heterocycles. The fourth-order valence-corrected chi connectivity index (χ4v) is 3.77. The van der Waals surface area contributed by atoms with Crippen LogP contribution in [0.3, 0.4) is 0 Å². The fourth-order valence-electron chi connectivity index (χ4n) is 2.47. The maximum Gasteiger partial charge on any atom is 0.339 e. The SMILES string of the molecule is N#C/C(=C\c1cccc(OS(=O)(=O)c2ccccc2)c1)C(=O)Nc1ccc(I)cc1. The summed E-state index contributed by atoms with van der Waals surface area (Å²) in [5.74, 6) is -0.495. The summed E-state index contributed by atoms with van der Waals surface area (Å²) in [4.78, 5) is 12.4. The Morgan fingerprint density at radius 1 is 1.00 bits per heavy atom. The first-order valence-corrected chi connectivity index (χ1v) is 11.1. The molecule has 0 fully saturated rings. The molecule has 3 rings (SSSR count). The third-order valence-electron chi connectivity index (χ3n) is 3.87. The number of anilines is 1. The van der Waals surface area contributed by atoms with Gasteiger partial charge in [-0.3, -0.25) is 4.79 Å². The Morgan fingerprint density at radius 3 is 2.37 bits per heavy atom. The smallest absolute Gasteiger partial charge is 0.339 e. The second-order valence-corrected chi connectivity index (χ2v) is 8.85. The monoisotopic (exact) mass is 530 g/mol. The first-order valence-electron chi connectivity index (χ1n) is 8.66. The summed E-state index contributed by atoms with van der Waals surface area (Å²) in [6.45, 7) is 0. The summed E-state index contributed by atoms with van der Waals surface area (Å²) in [5.41, 5.74) is 0.884. The number of carbonyl (C=O) groups excluding carboxylic acids is 1. The predicted molar refractivity (Wildman–Crippen MR) is 122 cm³/mol. The van der Waals surface area contributed by atoms with Gasteiger partial charge >= 0.3 is 10.1 Å². The minimum absolute atomic E-state index is 0.0283. The van der Waals surface area contributed by atoms with Gasteiger partial charge in [-0.2, -0.15) is 13.7 Å². The molecule has 0 atom stereocenters. The molecule has 0 heterocycles. The van der Waals surface area contributed by atoms with E-state index in [1.165, 1.54) is 30.3 Å². The number of nitrogens with zero attached hydrogens (tertiary/aromatic N) is 1. The molecule has 0 aliphatic rings. The average Bonchev–Trinajstić information content (AvgIpc) is 2.74. The Kier molecular flexibility index (Phi) is 6.87. The van der Waals surface area contributed by atoms with Crippen molar-refractivity contribution in [2.75, 3.05) is 5.32 Å². The number of benzene rings is 3. The zero-order valence-electron chi connectivity index (χ0n) is 15.4. The van der Waals surface area contributed by atoms with Crippen LogP contribution in [-0.4, -0.2) is 14.3 Å². The first-order chi connectivity index (χ1) is 14.4. The van der Waals surface area contributed by atoms with Crippen LogP contribution in [0.25, 0.3) is 6.08 Å². The van der Waals surface area contributed by atoms with Crippen LogP contribution in [-0.2, 0) is 14.9 Å². The second-order valence-electron chi connectivity index (χ2n) is 6.05. The molecule has 0 radical (unpaired) electrons. The second kappa shape index (κ2) is 9.56. The van der Waals surface area contributed by atoms with Gasteiger partial charge in [0.2, 0.25) is 0 Å². The molecule has 0 saturated carbocycles. The van der Waals surface area contributed by atoms with Crippen molar-refractivity contribution in [2.45, 2.75) is 4.90 Å². The standard InChI is InChI=1S/C22H15IN2O4S/c23-18-9-11-19(12-10-18)25-22(26)17(15-24)13-16-5-4-6-20(14-16)29-30(27,28)21-7-2-1-3-8-21/h1-14H,(H,25,26)/b17-13+. The molecule has 0 spiro atoms. The summed E-state index contributed by atoms with van der Waals surface area (Å²) in [5, 5.41) is 12.0. The lowest BCUT2D eigenvalue weighted by Gasteiger charge is -2.08.